The third-order valence-electron chi connectivity index (χ3n) is 6.63. The molecule has 0 saturated heterocycles. The Bertz CT molecular complexity index is 830. The van der Waals surface area contributed by atoms with Crippen LogP contribution in [0.2, 0.25) is 0 Å². The normalized spacial score (nSPS) is 30.0. The molecule has 2 N–H and O–H groups in total. The van der Waals surface area contributed by atoms with E-state index in [-0.39, 0.29) is 12.5 Å². The zero-order valence-electron chi connectivity index (χ0n) is 18.2. The molecule has 4 aliphatic carbocycles. The molecule has 4 saturated carbocycles. The molecule has 0 aliphatic heterocycles. The molecule has 9 nitrogen and oxygen atoms in total. The minimum Gasteiger partial charge on any atom is -0.480 e. The number of hydrogen-bond donors (Lipinski definition) is 2. The maximum atomic E-state index is 12.7. The third kappa shape index (κ3) is 5.02. The molecule has 0 radical (unpaired) electrons. The molecular formula is C22H31N3O6. The number of carboxylic acid groups (broad SMARTS) is 1. The lowest BCUT2D eigenvalue weighted by atomic mass is 9.55. The average molecular weight is 434 g/mol. The van der Waals surface area contributed by atoms with Gasteiger partial charge in [-0.15, -0.1) is 0 Å². The van der Waals surface area contributed by atoms with Crippen molar-refractivity contribution in [2.45, 2.75) is 77.0 Å². The number of carboxylic acids is 1. The summed E-state index contributed by atoms with van der Waals surface area (Å²) in [6, 6.07) is -1.22. The highest BCUT2D eigenvalue weighted by molar-refractivity contribution is 5.80. The number of aliphatic carboxylic acids is 1. The van der Waals surface area contributed by atoms with Gasteiger partial charge in [0, 0.05) is 12.6 Å². The molecule has 1 aromatic heterocycles. The number of nitrogens with one attached hydrogen (secondary N) is 1. The first-order valence-corrected chi connectivity index (χ1v) is 11.0. The van der Waals surface area contributed by atoms with Crippen molar-refractivity contribution in [2.75, 3.05) is 0 Å². The topological polar surface area (TPSA) is 120 Å². The zero-order valence-corrected chi connectivity index (χ0v) is 18.2. The van der Waals surface area contributed by atoms with E-state index in [2.05, 4.69) is 10.3 Å². The number of amides is 1. The Kier molecular flexibility index (Phi) is 5.70. The van der Waals surface area contributed by atoms with Crippen LogP contribution in [-0.4, -0.2) is 50.6 Å². The van der Waals surface area contributed by atoms with Gasteiger partial charge in [-0.3, -0.25) is 0 Å². The van der Waals surface area contributed by atoms with Crippen molar-refractivity contribution in [3.63, 3.8) is 0 Å². The van der Waals surface area contributed by atoms with Gasteiger partial charge in [-0.05, 0) is 76.5 Å². The maximum absolute atomic E-state index is 12.7. The summed E-state index contributed by atoms with van der Waals surface area (Å²) in [4.78, 5) is 40.3. The molecule has 4 bridgehead atoms. The largest absolute Gasteiger partial charge is 0.480 e. The summed E-state index contributed by atoms with van der Waals surface area (Å²) in [6.45, 7) is 5.08. The van der Waals surface area contributed by atoms with Crippen LogP contribution in [0, 0.1) is 23.7 Å². The van der Waals surface area contributed by atoms with E-state index in [1.165, 1.54) is 23.5 Å². The first-order valence-electron chi connectivity index (χ1n) is 11.0. The highest BCUT2D eigenvalue weighted by atomic mass is 16.6. The number of hydrogen-bond acceptors (Lipinski definition) is 6. The van der Waals surface area contributed by atoms with Gasteiger partial charge >= 0.3 is 18.2 Å². The van der Waals surface area contributed by atoms with Gasteiger partial charge in [0.15, 0.2) is 0 Å². The molecule has 4 fully saturated rings. The van der Waals surface area contributed by atoms with Crippen LogP contribution in [0.15, 0.2) is 12.5 Å². The number of carbonyl (C=O) groups is 3. The number of aromatic nitrogens is 2. The first-order chi connectivity index (χ1) is 14.6. The van der Waals surface area contributed by atoms with Gasteiger partial charge in [0.25, 0.3) is 0 Å². The minimum absolute atomic E-state index is 0.0354. The van der Waals surface area contributed by atoms with Gasteiger partial charge in [-0.1, -0.05) is 0 Å². The summed E-state index contributed by atoms with van der Waals surface area (Å²) in [7, 11) is 0. The van der Waals surface area contributed by atoms with Crippen molar-refractivity contribution in [3.8, 4) is 0 Å². The van der Waals surface area contributed by atoms with E-state index in [1.807, 2.05) is 0 Å². The predicted molar refractivity (Wildman–Crippen MR) is 109 cm³/mol. The Morgan fingerprint density at radius 3 is 2.32 bits per heavy atom. The first kappa shape index (κ1) is 21.6. The fourth-order valence-corrected chi connectivity index (χ4v) is 5.67. The minimum atomic E-state index is -1.22. The Balaban J connectivity index is 1.35. The van der Waals surface area contributed by atoms with E-state index in [1.54, 1.807) is 20.8 Å². The van der Waals surface area contributed by atoms with Crippen LogP contribution in [-0.2, 0) is 20.7 Å². The molecule has 0 aromatic carbocycles. The lowest BCUT2D eigenvalue weighted by Crippen LogP contribution is -2.50. The molecule has 9 heteroatoms. The summed E-state index contributed by atoms with van der Waals surface area (Å²) in [5, 5.41) is 11.8. The van der Waals surface area contributed by atoms with E-state index in [0.29, 0.717) is 17.5 Å². The second-order valence-corrected chi connectivity index (χ2v) is 10.3. The van der Waals surface area contributed by atoms with Gasteiger partial charge < -0.3 is 19.9 Å². The molecule has 0 unspecified atom stereocenters. The molecule has 4 aliphatic rings. The van der Waals surface area contributed by atoms with E-state index in [9.17, 15) is 19.5 Å². The fourth-order valence-electron chi connectivity index (χ4n) is 5.67. The number of carbonyl (C=O) groups excluding carboxylic acids is 2. The van der Waals surface area contributed by atoms with Crippen molar-refractivity contribution in [3.05, 3.63) is 18.2 Å². The summed E-state index contributed by atoms with van der Waals surface area (Å²) >= 11 is 0. The molecule has 1 atom stereocenters. The second-order valence-electron chi connectivity index (χ2n) is 10.3. The Morgan fingerprint density at radius 2 is 1.77 bits per heavy atom. The van der Waals surface area contributed by atoms with E-state index in [4.69, 9.17) is 9.47 Å². The number of alkyl carbamates (subject to hydrolysis) is 1. The Morgan fingerprint density at radius 1 is 1.16 bits per heavy atom. The fraction of sp³-hybridized carbons (Fsp3) is 0.727. The number of rotatable bonds is 5. The van der Waals surface area contributed by atoms with Gasteiger partial charge in [-0.2, -0.15) is 0 Å². The van der Waals surface area contributed by atoms with Crippen LogP contribution in [0.5, 0.6) is 0 Å². The second kappa shape index (κ2) is 8.16. The summed E-state index contributed by atoms with van der Waals surface area (Å²) in [5.74, 6) is 1.29. The van der Waals surface area contributed by atoms with Crippen LogP contribution >= 0.6 is 0 Å². The van der Waals surface area contributed by atoms with E-state index < -0.39 is 29.8 Å². The predicted octanol–water partition coefficient (Wildman–Crippen LogP) is 3.21. The molecule has 1 heterocycles. The highest BCUT2D eigenvalue weighted by Crippen LogP contribution is 2.54. The monoisotopic (exact) mass is 433 g/mol. The van der Waals surface area contributed by atoms with Gasteiger partial charge in [0.1, 0.15) is 24.1 Å². The Hall–Kier alpha value is -2.58. The number of nitrogens with zero attached hydrogens (tertiary/aromatic N) is 2. The third-order valence-corrected chi connectivity index (χ3v) is 6.63. The maximum Gasteiger partial charge on any atom is 0.419 e. The number of ether oxygens (including phenoxy) is 2. The molecule has 5 rings (SSSR count). The molecule has 170 valence electrons. The van der Waals surface area contributed by atoms with Crippen LogP contribution < -0.4 is 5.32 Å². The van der Waals surface area contributed by atoms with Crippen LogP contribution in [0.3, 0.4) is 0 Å². The van der Waals surface area contributed by atoms with Gasteiger partial charge in [0.05, 0.1) is 5.69 Å². The summed E-state index contributed by atoms with van der Waals surface area (Å²) in [6.07, 6.45) is 7.32. The Labute approximate surface area is 181 Å². The van der Waals surface area contributed by atoms with Gasteiger partial charge in [0.2, 0.25) is 0 Å². The number of imidazole rings is 1. The lowest BCUT2D eigenvalue weighted by Gasteiger charge is -2.53. The van der Waals surface area contributed by atoms with E-state index in [0.717, 1.165) is 37.5 Å². The molecule has 0 spiro atoms. The summed E-state index contributed by atoms with van der Waals surface area (Å²) < 4.78 is 12.3. The molecular weight excluding hydrogens is 402 g/mol. The quantitative estimate of drug-likeness (QED) is 0.731. The average Bonchev–Trinajstić information content (AvgIpc) is 3.10. The molecule has 1 amide bonds. The van der Waals surface area contributed by atoms with Crippen molar-refractivity contribution < 1.29 is 29.0 Å². The van der Waals surface area contributed by atoms with Crippen molar-refractivity contribution in [1.82, 2.24) is 14.9 Å². The van der Waals surface area contributed by atoms with Crippen molar-refractivity contribution >= 4 is 18.2 Å². The van der Waals surface area contributed by atoms with Crippen LogP contribution in [0.4, 0.5) is 9.59 Å². The lowest BCUT2D eigenvalue weighted by molar-refractivity contribution is -0.139. The highest BCUT2D eigenvalue weighted by Gasteiger charge is 2.50. The smallest absolute Gasteiger partial charge is 0.419 e. The summed E-state index contributed by atoms with van der Waals surface area (Å²) in [5.41, 5.74) is -0.373. The standard InChI is InChI=1S/C22H31N3O6/c1-22(2,3)31-20(28)24-17(19(26)27)9-16-10-25(11-23-16)21(29)30-18-14-5-12-4-13(7-14)8-15(18)6-12/h10-15,17-18H,4-9H2,1-3H3,(H,24,28)(H,26,27)/t12?,13?,14?,15?,17-,18?/m0/s1. The zero-order chi connectivity index (χ0) is 22.3. The van der Waals surface area contributed by atoms with Crippen molar-refractivity contribution in [2.24, 2.45) is 23.7 Å². The molecule has 1 aromatic rings. The van der Waals surface area contributed by atoms with Gasteiger partial charge in [-0.25, -0.2) is 23.9 Å². The molecule has 31 heavy (non-hydrogen) atoms. The van der Waals surface area contributed by atoms with E-state index >= 15 is 0 Å². The van der Waals surface area contributed by atoms with Crippen LogP contribution in [0.25, 0.3) is 0 Å². The van der Waals surface area contributed by atoms with Crippen LogP contribution in [0.1, 0.15) is 58.6 Å². The SMILES string of the molecule is CC(C)(C)OC(=O)N[C@@H](Cc1cn(C(=O)OC2C3CC4CC(C3)CC2C4)cn1)C(=O)O. The van der Waals surface area contributed by atoms with Crippen molar-refractivity contribution in [1.29, 1.82) is 0 Å².